The van der Waals surface area contributed by atoms with Crippen LogP contribution in [0.3, 0.4) is 0 Å². The molecule has 0 nitrogen and oxygen atoms in total. The molecule has 0 heterocycles. The summed E-state index contributed by atoms with van der Waals surface area (Å²) in [5.41, 5.74) is -0.657. The average Bonchev–Trinajstić information content (AvgIpc) is 1.88. The van der Waals surface area contributed by atoms with Crippen molar-refractivity contribution in [3.8, 4) is 0 Å². The van der Waals surface area contributed by atoms with E-state index < -0.39 is 11.7 Å². The van der Waals surface area contributed by atoms with Gasteiger partial charge in [-0.3, -0.25) is 0 Å². The first kappa shape index (κ1) is 12.1. The van der Waals surface area contributed by atoms with Crippen molar-refractivity contribution in [3.63, 3.8) is 0 Å². The van der Waals surface area contributed by atoms with Gasteiger partial charge in [0.2, 0.25) is 0 Å². The Balaban J connectivity index is 0.000001000. The third-order valence-electron chi connectivity index (χ3n) is 1.03. The molecule has 0 radical (unpaired) electrons. The predicted molar refractivity (Wildman–Crippen MR) is 30.3 cm³/mol. The Morgan fingerprint density at radius 2 is 1.91 bits per heavy atom. The first-order chi connectivity index (χ1) is 4.61. The van der Waals surface area contributed by atoms with Crippen LogP contribution in [-0.4, -0.2) is 0 Å². The van der Waals surface area contributed by atoms with Crippen molar-refractivity contribution in [1.82, 2.24) is 0 Å². The molecular formula is C7H4CsF3. The van der Waals surface area contributed by atoms with E-state index in [0.29, 0.717) is 0 Å². The molecule has 0 unspecified atom stereocenters. The molecule has 1 aromatic carbocycles. The van der Waals surface area contributed by atoms with E-state index in [2.05, 4.69) is 6.07 Å². The van der Waals surface area contributed by atoms with Gasteiger partial charge in [0.15, 0.2) is 0 Å². The van der Waals surface area contributed by atoms with Crippen LogP contribution < -0.4 is 68.9 Å². The fourth-order valence-corrected chi connectivity index (χ4v) is 0.570. The van der Waals surface area contributed by atoms with E-state index in [0.717, 1.165) is 12.1 Å². The molecule has 0 saturated carbocycles. The van der Waals surface area contributed by atoms with E-state index in [-0.39, 0.29) is 68.9 Å². The molecule has 0 aliphatic carbocycles. The number of alkyl halides is 3. The summed E-state index contributed by atoms with van der Waals surface area (Å²) >= 11 is 0. The molecule has 0 N–H and O–H groups in total. The zero-order valence-corrected chi connectivity index (χ0v) is 12.2. The van der Waals surface area contributed by atoms with Gasteiger partial charge in [-0.15, -0.1) is 0 Å². The Hall–Kier alpha value is 1.06. The maximum absolute atomic E-state index is 11.8. The summed E-state index contributed by atoms with van der Waals surface area (Å²) in [6.45, 7) is 0. The molecule has 0 aromatic heterocycles. The maximum atomic E-state index is 11.8. The Morgan fingerprint density at radius 3 is 2.18 bits per heavy atom. The van der Waals surface area contributed by atoms with Gasteiger partial charge in [0.25, 0.3) is 0 Å². The number of halogens is 3. The zero-order chi connectivity index (χ0) is 7.61. The Labute approximate surface area is 122 Å². The van der Waals surface area contributed by atoms with Gasteiger partial charge in [0.1, 0.15) is 0 Å². The average molecular weight is 278 g/mol. The van der Waals surface area contributed by atoms with Gasteiger partial charge in [-0.05, 0) is 0 Å². The SMILES string of the molecule is FC(F)(F)c1c[c-]ccc1.[Cs+]. The molecule has 0 aliphatic heterocycles. The topological polar surface area (TPSA) is 0 Å². The van der Waals surface area contributed by atoms with Crippen molar-refractivity contribution in [2.24, 2.45) is 0 Å². The first-order valence-electron chi connectivity index (χ1n) is 2.64. The van der Waals surface area contributed by atoms with Gasteiger partial charge in [0, 0.05) is 0 Å². The summed E-state index contributed by atoms with van der Waals surface area (Å²) in [4.78, 5) is 0. The summed E-state index contributed by atoms with van der Waals surface area (Å²) in [6.07, 6.45) is -4.24. The summed E-state index contributed by atoms with van der Waals surface area (Å²) in [5.74, 6) is 0. The van der Waals surface area contributed by atoms with E-state index in [4.69, 9.17) is 0 Å². The maximum Gasteiger partial charge on any atom is 1.00 e. The smallest absolute Gasteiger partial charge is 0.183 e. The van der Waals surface area contributed by atoms with Gasteiger partial charge in [-0.25, -0.2) is 0 Å². The Bertz CT molecular complexity index is 205. The third-order valence-corrected chi connectivity index (χ3v) is 1.03. The van der Waals surface area contributed by atoms with Crippen LogP contribution in [0.5, 0.6) is 0 Å². The molecule has 0 atom stereocenters. The van der Waals surface area contributed by atoms with Crippen LogP contribution in [0.15, 0.2) is 24.3 Å². The Morgan fingerprint density at radius 1 is 1.27 bits per heavy atom. The number of hydrogen-bond acceptors (Lipinski definition) is 0. The van der Waals surface area contributed by atoms with Crippen LogP contribution >= 0.6 is 0 Å². The van der Waals surface area contributed by atoms with Gasteiger partial charge in [-0.2, -0.15) is 43.5 Å². The monoisotopic (exact) mass is 278 g/mol. The van der Waals surface area contributed by atoms with E-state index in [1.54, 1.807) is 0 Å². The van der Waals surface area contributed by atoms with Gasteiger partial charge >= 0.3 is 75.1 Å². The van der Waals surface area contributed by atoms with E-state index in [1.807, 2.05) is 0 Å². The molecule has 0 fully saturated rings. The largest absolute Gasteiger partial charge is 1.00 e. The molecule has 0 saturated heterocycles. The molecule has 1 rings (SSSR count). The fourth-order valence-electron chi connectivity index (χ4n) is 0.570. The number of hydrogen-bond donors (Lipinski definition) is 0. The van der Waals surface area contributed by atoms with Crippen LogP contribution in [0, 0.1) is 6.07 Å². The molecule has 0 spiro atoms. The normalized spacial score (nSPS) is 10.5. The van der Waals surface area contributed by atoms with Gasteiger partial charge < -0.3 is 0 Å². The number of benzene rings is 1. The minimum Gasteiger partial charge on any atom is -0.183 e. The standard InChI is InChI=1S/C7H4F3.Cs/c8-7(9,10)6-4-2-1-3-5-6;/h1-2,4-5H;/q-1;+1. The molecule has 1 aromatic rings. The molecule has 11 heavy (non-hydrogen) atoms. The van der Waals surface area contributed by atoms with E-state index in [1.165, 1.54) is 12.1 Å². The molecule has 54 valence electrons. The molecule has 4 heteroatoms. The number of rotatable bonds is 0. The summed E-state index contributed by atoms with van der Waals surface area (Å²) in [7, 11) is 0. The fraction of sp³-hybridized carbons (Fsp3) is 0.143. The van der Waals surface area contributed by atoms with Gasteiger partial charge in [0.05, 0.1) is 0 Å². The van der Waals surface area contributed by atoms with Gasteiger partial charge in [-0.1, -0.05) is 5.56 Å². The summed E-state index contributed by atoms with van der Waals surface area (Å²) in [5, 5.41) is 0. The predicted octanol–water partition coefficient (Wildman–Crippen LogP) is -0.490. The Kier molecular flexibility index (Phi) is 5.41. The molecule has 0 aliphatic rings. The quantitative estimate of drug-likeness (QED) is 0.562. The second-order valence-corrected chi connectivity index (χ2v) is 1.79. The minimum atomic E-state index is -4.24. The van der Waals surface area contributed by atoms with E-state index >= 15 is 0 Å². The molecule has 0 amide bonds. The second-order valence-electron chi connectivity index (χ2n) is 1.79. The summed E-state index contributed by atoms with van der Waals surface area (Å²) in [6, 6.07) is 7.01. The second kappa shape index (κ2) is 4.94. The van der Waals surface area contributed by atoms with Crippen molar-refractivity contribution in [2.75, 3.05) is 0 Å². The van der Waals surface area contributed by atoms with Crippen molar-refractivity contribution in [2.45, 2.75) is 6.18 Å². The molecular weight excluding hydrogens is 274 g/mol. The van der Waals surface area contributed by atoms with Crippen LogP contribution in [0.25, 0.3) is 0 Å². The van der Waals surface area contributed by atoms with Crippen molar-refractivity contribution < 1.29 is 82.1 Å². The van der Waals surface area contributed by atoms with E-state index in [9.17, 15) is 13.2 Å². The molecule has 0 bridgehead atoms. The van der Waals surface area contributed by atoms with Crippen LogP contribution in [0.2, 0.25) is 0 Å². The first-order valence-corrected chi connectivity index (χ1v) is 2.64. The van der Waals surface area contributed by atoms with Crippen LogP contribution in [0.4, 0.5) is 13.2 Å². The third kappa shape index (κ3) is 4.00. The van der Waals surface area contributed by atoms with Crippen molar-refractivity contribution in [3.05, 3.63) is 35.9 Å². The minimum absolute atomic E-state index is 0. The van der Waals surface area contributed by atoms with Crippen LogP contribution in [0.1, 0.15) is 5.56 Å². The summed E-state index contributed by atoms with van der Waals surface area (Å²) < 4.78 is 35.3. The van der Waals surface area contributed by atoms with Crippen molar-refractivity contribution >= 4 is 0 Å². The van der Waals surface area contributed by atoms with Crippen LogP contribution in [-0.2, 0) is 6.18 Å². The van der Waals surface area contributed by atoms with Crippen molar-refractivity contribution in [1.29, 1.82) is 0 Å². The zero-order valence-electron chi connectivity index (χ0n) is 5.94.